The van der Waals surface area contributed by atoms with Gasteiger partial charge in [-0.3, -0.25) is 9.78 Å². The van der Waals surface area contributed by atoms with E-state index in [4.69, 9.17) is 5.73 Å². The van der Waals surface area contributed by atoms with Crippen molar-refractivity contribution in [2.24, 2.45) is 5.73 Å². The largest absolute Gasteiger partial charge is 0.380 e. The fourth-order valence-electron chi connectivity index (χ4n) is 1.70. The molecule has 0 radical (unpaired) electrons. The molecular formula is C14H15N3O. The number of hydrogen-bond donors (Lipinski definition) is 2. The molecule has 0 fully saturated rings. The van der Waals surface area contributed by atoms with Gasteiger partial charge in [0.1, 0.15) is 0 Å². The van der Waals surface area contributed by atoms with Crippen molar-refractivity contribution in [2.45, 2.75) is 13.5 Å². The van der Waals surface area contributed by atoms with Crippen molar-refractivity contribution >= 4 is 11.6 Å². The molecular weight excluding hydrogens is 226 g/mol. The molecule has 2 rings (SSSR count). The summed E-state index contributed by atoms with van der Waals surface area (Å²) in [6.07, 6.45) is 1.76. The number of benzene rings is 1. The first-order valence-corrected chi connectivity index (χ1v) is 5.71. The Morgan fingerprint density at radius 3 is 2.89 bits per heavy atom. The Bertz CT molecular complexity index is 566. The van der Waals surface area contributed by atoms with Gasteiger partial charge < -0.3 is 11.1 Å². The number of primary amides is 1. The molecule has 1 aromatic carbocycles. The van der Waals surface area contributed by atoms with E-state index in [1.165, 1.54) is 0 Å². The Balaban J connectivity index is 2.09. The Kier molecular flexibility index (Phi) is 3.57. The lowest BCUT2D eigenvalue weighted by molar-refractivity contribution is 0.1000. The summed E-state index contributed by atoms with van der Waals surface area (Å²) in [5.74, 6) is -0.408. The minimum absolute atomic E-state index is 0.408. The van der Waals surface area contributed by atoms with E-state index in [-0.39, 0.29) is 0 Å². The molecule has 0 aliphatic heterocycles. The summed E-state index contributed by atoms with van der Waals surface area (Å²) in [5, 5.41) is 3.28. The summed E-state index contributed by atoms with van der Waals surface area (Å²) in [6, 6.07) is 11.1. The number of aryl methyl sites for hydroxylation is 1. The van der Waals surface area contributed by atoms with Crippen molar-refractivity contribution in [3.63, 3.8) is 0 Å². The topological polar surface area (TPSA) is 68.0 Å². The normalized spacial score (nSPS) is 10.1. The average Bonchev–Trinajstić information content (AvgIpc) is 2.38. The van der Waals surface area contributed by atoms with Gasteiger partial charge >= 0.3 is 0 Å². The van der Waals surface area contributed by atoms with Crippen LogP contribution in [0.4, 0.5) is 5.69 Å². The molecule has 0 saturated heterocycles. The van der Waals surface area contributed by atoms with Gasteiger partial charge in [0.15, 0.2) is 0 Å². The number of anilines is 1. The van der Waals surface area contributed by atoms with E-state index >= 15 is 0 Å². The summed E-state index contributed by atoms with van der Waals surface area (Å²) in [4.78, 5) is 15.3. The first-order valence-electron chi connectivity index (χ1n) is 5.71. The maximum atomic E-state index is 11.1. The third-order valence-corrected chi connectivity index (χ3v) is 2.70. The van der Waals surface area contributed by atoms with Gasteiger partial charge in [-0.2, -0.15) is 0 Å². The van der Waals surface area contributed by atoms with Crippen LogP contribution in [0.15, 0.2) is 42.6 Å². The van der Waals surface area contributed by atoms with Crippen molar-refractivity contribution in [2.75, 3.05) is 5.32 Å². The van der Waals surface area contributed by atoms with Gasteiger partial charge in [-0.05, 0) is 36.8 Å². The Hall–Kier alpha value is -2.36. The van der Waals surface area contributed by atoms with Crippen LogP contribution in [0.2, 0.25) is 0 Å². The summed E-state index contributed by atoms with van der Waals surface area (Å²) >= 11 is 0. The number of nitrogens with zero attached hydrogens (tertiary/aromatic N) is 1. The molecule has 4 nitrogen and oxygen atoms in total. The first-order chi connectivity index (χ1) is 8.66. The zero-order valence-electron chi connectivity index (χ0n) is 10.2. The molecule has 1 heterocycles. The van der Waals surface area contributed by atoms with E-state index in [2.05, 4.69) is 10.3 Å². The number of amides is 1. The van der Waals surface area contributed by atoms with Gasteiger partial charge in [0.2, 0.25) is 5.91 Å². The van der Waals surface area contributed by atoms with E-state index in [0.717, 1.165) is 16.9 Å². The smallest absolute Gasteiger partial charge is 0.248 e. The molecule has 2 aromatic rings. The molecule has 92 valence electrons. The molecule has 0 saturated carbocycles. The monoisotopic (exact) mass is 241 g/mol. The van der Waals surface area contributed by atoms with Crippen LogP contribution < -0.4 is 11.1 Å². The van der Waals surface area contributed by atoms with Crippen LogP contribution in [0.25, 0.3) is 0 Å². The van der Waals surface area contributed by atoms with Crippen molar-refractivity contribution in [1.82, 2.24) is 4.98 Å². The van der Waals surface area contributed by atoms with Gasteiger partial charge in [0.25, 0.3) is 0 Å². The summed E-state index contributed by atoms with van der Waals surface area (Å²) in [7, 11) is 0. The molecule has 0 aliphatic carbocycles. The van der Waals surface area contributed by atoms with Crippen LogP contribution in [0.1, 0.15) is 21.6 Å². The fraction of sp³-hybridized carbons (Fsp3) is 0.143. The highest BCUT2D eigenvalue weighted by atomic mass is 16.1. The first kappa shape index (κ1) is 12.1. The maximum absolute atomic E-state index is 11.1. The summed E-state index contributed by atoms with van der Waals surface area (Å²) < 4.78 is 0. The Morgan fingerprint density at radius 1 is 1.33 bits per heavy atom. The van der Waals surface area contributed by atoms with Gasteiger partial charge in [-0.1, -0.05) is 12.1 Å². The van der Waals surface area contributed by atoms with Crippen LogP contribution in [-0.4, -0.2) is 10.9 Å². The van der Waals surface area contributed by atoms with E-state index in [9.17, 15) is 4.79 Å². The minimum atomic E-state index is -0.408. The molecule has 4 heteroatoms. The molecule has 18 heavy (non-hydrogen) atoms. The molecule has 0 atom stereocenters. The van der Waals surface area contributed by atoms with E-state index in [1.54, 1.807) is 18.3 Å². The molecule has 1 amide bonds. The lowest BCUT2D eigenvalue weighted by Gasteiger charge is -2.09. The third-order valence-electron chi connectivity index (χ3n) is 2.70. The zero-order valence-corrected chi connectivity index (χ0v) is 10.2. The second-order valence-electron chi connectivity index (χ2n) is 4.05. The van der Waals surface area contributed by atoms with Crippen molar-refractivity contribution in [1.29, 1.82) is 0 Å². The number of carbonyl (C=O) groups excluding carboxylic acids is 1. The number of nitrogens with one attached hydrogen (secondary N) is 1. The average molecular weight is 241 g/mol. The molecule has 1 aromatic heterocycles. The standard InChI is InChI=1S/C14H15N3O/c1-10-13(6-3-7-16-10)17-9-11-4-2-5-12(8-11)14(15)18/h2-8,17H,9H2,1H3,(H2,15,18). The highest BCUT2D eigenvalue weighted by Crippen LogP contribution is 2.13. The van der Waals surface area contributed by atoms with E-state index in [1.807, 2.05) is 31.2 Å². The Labute approximate surface area is 106 Å². The molecule has 0 bridgehead atoms. The van der Waals surface area contributed by atoms with Crippen molar-refractivity contribution in [3.8, 4) is 0 Å². The lowest BCUT2D eigenvalue weighted by atomic mass is 10.1. The van der Waals surface area contributed by atoms with Crippen molar-refractivity contribution in [3.05, 3.63) is 59.4 Å². The van der Waals surface area contributed by atoms with Gasteiger partial charge in [0, 0.05) is 18.3 Å². The predicted molar refractivity (Wildman–Crippen MR) is 71.3 cm³/mol. The van der Waals surface area contributed by atoms with Crippen LogP contribution in [0.5, 0.6) is 0 Å². The number of carbonyl (C=O) groups is 1. The SMILES string of the molecule is Cc1ncccc1NCc1cccc(C(N)=O)c1. The molecule has 0 unspecified atom stereocenters. The minimum Gasteiger partial charge on any atom is -0.380 e. The van der Waals surface area contributed by atoms with Crippen molar-refractivity contribution < 1.29 is 4.79 Å². The second kappa shape index (κ2) is 5.31. The van der Waals surface area contributed by atoms with Crippen LogP contribution >= 0.6 is 0 Å². The van der Waals surface area contributed by atoms with E-state index in [0.29, 0.717) is 12.1 Å². The number of rotatable bonds is 4. The molecule has 3 N–H and O–H groups in total. The second-order valence-corrected chi connectivity index (χ2v) is 4.05. The number of nitrogens with two attached hydrogens (primary N) is 1. The number of hydrogen-bond acceptors (Lipinski definition) is 3. The summed E-state index contributed by atoms with van der Waals surface area (Å²) in [5.41, 5.74) is 8.71. The highest BCUT2D eigenvalue weighted by Gasteiger charge is 2.02. The van der Waals surface area contributed by atoms with Gasteiger partial charge in [-0.15, -0.1) is 0 Å². The number of aromatic nitrogens is 1. The van der Waals surface area contributed by atoms with E-state index < -0.39 is 5.91 Å². The van der Waals surface area contributed by atoms with Crippen LogP contribution in [-0.2, 0) is 6.54 Å². The Morgan fingerprint density at radius 2 is 2.17 bits per heavy atom. The quantitative estimate of drug-likeness (QED) is 0.861. The van der Waals surface area contributed by atoms with Gasteiger partial charge in [-0.25, -0.2) is 0 Å². The van der Waals surface area contributed by atoms with Crippen LogP contribution in [0.3, 0.4) is 0 Å². The summed E-state index contributed by atoms with van der Waals surface area (Å²) in [6.45, 7) is 2.58. The van der Waals surface area contributed by atoms with Crippen LogP contribution in [0, 0.1) is 6.92 Å². The molecule has 0 aliphatic rings. The maximum Gasteiger partial charge on any atom is 0.248 e. The fourth-order valence-corrected chi connectivity index (χ4v) is 1.70. The number of pyridine rings is 1. The highest BCUT2D eigenvalue weighted by molar-refractivity contribution is 5.92. The van der Waals surface area contributed by atoms with Gasteiger partial charge in [0.05, 0.1) is 11.4 Å². The predicted octanol–water partition coefficient (Wildman–Crippen LogP) is 2.10. The third kappa shape index (κ3) is 2.85. The lowest BCUT2D eigenvalue weighted by Crippen LogP contribution is -2.11. The zero-order chi connectivity index (χ0) is 13.0. The molecule has 0 spiro atoms.